The normalized spacial score (nSPS) is 11.9. The fourth-order valence-electron chi connectivity index (χ4n) is 2.17. The van der Waals surface area contributed by atoms with Gasteiger partial charge in [-0.25, -0.2) is 9.55 Å². The van der Waals surface area contributed by atoms with Crippen molar-refractivity contribution in [3.63, 3.8) is 0 Å². The molecule has 0 aliphatic heterocycles. The number of aromatic amines is 1. The Bertz CT molecular complexity index is 480. The van der Waals surface area contributed by atoms with Crippen LogP contribution in [0.15, 0.2) is 24.3 Å². The average molecular weight is 217 g/mol. The van der Waals surface area contributed by atoms with E-state index in [1.807, 2.05) is 0 Å². The highest BCUT2D eigenvalue weighted by atomic mass is 15.1. The number of nitrogens with zero attached hydrogens (tertiary/aromatic N) is 1. The topological polar surface area (TPSA) is 19.7 Å². The van der Waals surface area contributed by atoms with Crippen LogP contribution in [0.5, 0.6) is 0 Å². The van der Waals surface area contributed by atoms with Crippen molar-refractivity contribution in [3.05, 3.63) is 30.1 Å². The first-order chi connectivity index (χ1) is 7.59. The summed E-state index contributed by atoms with van der Waals surface area (Å²) in [4.78, 5) is 3.53. The van der Waals surface area contributed by atoms with Gasteiger partial charge in [-0.1, -0.05) is 39.8 Å². The minimum atomic E-state index is 0.533. The molecule has 0 radical (unpaired) electrons. The zero-order valence-electron chi connectivity index (χ0n) is 10.6. The van der Waals surface area contributed by atoms with Gasteiger partial charge in [0.05, 0.1) is 12.5 Å². The fourth-order valence-corrected chi connectivity index (χ4v) is 2.17. The number of para-hydroxylation sites is 2. The third-order valence-corrected chi connectivity index (χ3v) is 2.84. The molecule has 0 saturated carbocycles. The highest BCUT2D eigenvalue weighted by Gasteiger charge is 2.21. The molecule has 0 atom stereocenters. The third-order valence-electron chi connectivity index (χ3n) is 2.84. The van der Waals surface area contributed by atoms with E-state index in [-0.39, 0.29) is 0 Å². The van der Waals surface area contributed by atoms with Crippen LogP contribution in [-0.2, 0) is 6.54 Å². The van der Waals surface area contributed by atoms with Crippen LogP contribution in [0.3, 0.4) is 0 Å². The Kier molecular flexibility index (Phi) is 2.99. The summed E-state index contributed by atoms with van der Waals surface area (Å²) < 4.78 is 2.42. The molecule has 0 bridgehead atoms. The maximum absolute atomic E-state index is 3.53. The van der Waals surface area contributed by atoms with Crippen LogP contribution in [0.4, 0.5) is 0 Å². The molecule has 86 valence electrons. The summed E-state index contributed by atoms with van der Waals surface area (Å²) >= 11 is 0. The number of imidazole rings is 1. The van der Waals surface area contributed by atoms with E-state index in [4.69, 9.17) is 0 Å². The number of H-pyrrole nitrogens is 1. The zero-order chi connectivity index (χ0) is 11.7. The maximum Gasteiger partial charge on any atom is 0.257 e. The average Bonchev–Trinajstić information content (AvgIpc) is 2.57. The summed E-state index contributed by atoms with van der Waals surface area (Å²) in [5.41, 5.74) is 2.56. The first kappa shape index (κ1) is 11.2. The van der Waals surface area contributed by atoms with Gasteiger partial charge in [0.25, 0.3) is 5.82 Å². The second kappa shape index (κ2) is 4.28. The van der Waals surface area contributed by atoms with Crippen molar-refractivity contribution in [2.45, 2.75) is 40.2 Å². The molecule has 16 heavy (non-hydrogen) atoms. The standard InChI is InChI=1S/C14H20N2/c1-10(2)9-16-13-8-6-5-7-12(13)15-14(16)11(3)4/h5-8,10-11H,9H2,1-4H3/p+1. The van der Waals surface area contributed by atoms with Crippen molar-refractivity contribution in [1.82, 2.24) is 4.98 Å². The van der Waals surface area contributed by atoms with E-state index < -0.39 is 0 Å². The van der Waals surface area contributed by atoms with Crippen LogP contribution in [-0.4, -0.2) is 4.98 Å². The van der Waals surface area contributed by atoms with E-state index in [9.17, 15) is 0 Å². The summed E-state index contributed by atoms with van der Waals surface area (Å²) in [6.45, 7) is 10.1. The van der Waals surface area contributed by atoms with Gasteiger partial charge in [-0.05, 0) is 18.1 Å². The Morgan fingerprint density at radius 1 is 1.12 bits per heavy atom. The lowest BCUT2D eigenvalue weighted by Gasteiger charge is -2.06. The first-order valence-corrected chi connectivity index (χ1v) is 6.10. The van der Waals surface area contributed by atoms with Crippen LogP contribution < -0.4 is 4.57 Å². The molecule has 0 aliphatic rings. The second-order valence-corrected chi connectivity index (χ2v) is 5.19. The van der Waals surface area contributed by atoms with Gasteiger partial charge < -0.3 is 0 Å². The van der Waals surface area contributed by atoms with Crippen LogP contribution in [0.25, 0.3) is 11.0 Å². The highest BCUT2D eigenvalue weighted by molar-refractivity contribution is 5.71. The maximum atomic E-state index is 3.53. The van der Waals surface area contributed by atoms with Gasteiger partial charge in [0.2, 0.25) is 0 Å². The van der Waals surface area contributed by atoms with Crippen LogP contribution >= 0.6 is 0 Å². The lowest BCUT2D eigenvalue weighted by atomic mass is 10.2. The number of nitrogens with one attached hydrogen (secondary N) is 1. The summed E-state index contributed by atoms with van der Waals surface area (Å²) in [6, 6.07) is 8.54. The first-order valence-electron chi connectivity index (χ1n) is 6.10. The Labute approximate surface area is 97.3 Å². The molecule has 1 N–H and O–H groups in total. The molecule has 0 amide bonds. The number of rotatable bonds is 3. The zero-order valence-corrected chi connectivity index (χ0v) is 10.6. The van der Waals surface area contributed by atoms with Crippen molar-refractivity contribution in [3.8, 4) is 0 Å². The third kappa shape index (κ3) is 1.97. The van der Waals surface area contributed by atoms with Crippen molar-refractivity contribution >= 4 is 11.0 Å². The largest absolute Gasteiger partial charge is 0.257 e. The van der Waals surface area contributed by atoms with Crippen molar-refractivity contribution in [2.75, 3.05) is 0 Å². The highest BCUT2D eigenvalue weighted by Crippen LogP contribution is 2.15. The molecule has 2 nitrogen and oxygen atoms in total. The van der Waals surface area contributed by atoms with Gasteiger partial charge in [0, 0.05) is 0 Å². The van der Waals surface area contributed by atoms with Gasteiger partial charge in [0.1, 0.15) is 0 Å². The van der Waals surface area contributed by atoms with Crippen LogP contribution in [0.1, 0.15) is 39.4 Å². The van der Waals surface area contributed by atoms with E-state index in [1.54, 1.807) is 0 Å². The van der Waals surface area contributed by atoms with Crippen LogP contribution in [0, 0.1) is 5.92 Å². The van der Waals surface area contributed by atoms with Crippen LogP contribution in [0.2, 0.25) is 0 Å². The number of fused-ring (bicyclic) bond motifs is 1. The molecule has 0 unspecified atom stereocenters. The van der Waals surface area contributed by atoms with E-state index in [1.165, 1.54) is 16.9 Å². The van der Waals surface area contributed by atoms with Gasteiger partial charge in [-0.2, -0.15) is 0 Å². The molecule has 1 aromatic heterocycles. The molecule has 0 spiro atoms. The van der Waals surface area contributed by atoms with E-state index in [0.717, 1.165) is 6.54 Å². The van der Waals surface area contributed by atoms with Crippen molar-refractivity contribution in [1.29, 1.82) is 0 Å². The molecule has 0 fully saturated rings. The van der Waals surface area contributed by atoms with E-state index in [0.29, 0.717) is 11.8 Å². The van der Waals surface area contributed by atoms with Crippen molar-refractivity contribution < 1.29 is 4.57 Å². The molecular weight excluding hydrogens is 196 g/mol. The molecule has 2 rings (SSSR count). The van der Waals surface area contributed by atoms with E-state index in [2.05, 4.69) is 61.5 Å². The molecule has 1 aromatic carbocycles. The molecule has 0 saturated heterocycles. The summed E-state index contributed by atoms with van der Waals surface area (Å²) in [5, 5.41) is 0. The van der Waals surface area contributed by atoms with Gasteiger partial charge >= 0.3 is 0 Å². The smallest absolute Gasteiger partial charge is 0.241 e. The minimum absolute atomic E-state index is 0.533. The molecule has 2 heteroatoms. The Balaban J connectivity index is 2.60. The fraction of sp³-hybridized carbons (Fsp3) is 0.500. The summed E-state index contributed by atoms with van der Waals surface area (Å²) in [6.07, 6.45) is 0. The summed E-state index contributed by atoms with van der Waals surface area (Å²) in [7, 11) is 0. The number of aromatic nitrogens is 2. The van der Waals surface area contributed by atoms with Gasteiger partial charge in [0.15, 0.2) is 11.0 Å². The van der Waals surface area contributed by atoms with E-state index >= 15 is 0 Å². The lowest BCUT2D eigenvalue weighted by Crippen LogP contribution is -2.39. The van der Waals surface area contributed by atoms with Gasteiger partial charge in [-0.15, -0.1) is 0 Å². The molecular formula is C14H21N2+. The SMILES string of the molecule is CC(C)C[n+]1c(C(C)C)[nH]c2ccccc21. The number of benzene rings is 1. The lowest BCUT2D eigenvalue weighted by molar-refractivity contribution is -0.685. The van der Waals surface area contributed by atoms with Gasteiger partial charge in [-0.3, -0.25) is 0 Å². The summed E-state index contributed by atoms with van der Waals surface area (Å²) in [5.74, 6) is 2.53. The van der Waals surface area contributed by atoms with Crippen molar-refractivity contribution in [2.24, 2.45) is 5.92 Å². The molecule has 0 aliphatic carbocycles. The number of hydrogen-bond acceptors (Lipinski definition) is 0. The molecule has 1 heterocycles. The Hall–Kier alpha value is -1.31. The number of hydrogen-bond donors (Lipinski definition) is 1. The predicted molar refractivity (Wildman–Crippen MR) is 67.4 cm³/mol. The Morgan fingerprint density at radius 2 is 1.81 bits per heavy atom. The molecule has 2 aromatic rings. The minimum Gasteiger partial charge on any atom is -0.241 e. The predicted octanol–water partition coefficient (Wildman–Crippen LogP) is 3.23. The second-order valence-electron chi connectivity index (χ2n) is 5.19. The monoisotopic (exact) mass is 217 g/mol. The Morgan fingerprint density at radius 3 is 2.44 bits per heavy atom. The quantitative estimate of drug-likeness (QED) is 0.762.